The van der Waals surface area contributed by atoms with Crippen LogP contribution in [0.1, 0.15) is 45.2 Å². The van der Waals surface area contributed by atoms with Crippen LogP contribution in [0.2, 0.25) is 0 Å². The largest absolute Gasteiger partial charge is 0.481 e. The van der Waals surface area contributed by atoms with Gasteiger partial charge in [-0.2, -0.15) is 5.10 Å². The second-order valence-corrected chi connectivity index (χ2v) is 5.09. The average Bonchev–Trinajstić information content (AvgIpc) is 2.65. The topological polar surface area (TPSA) is 110 Å². The summed E-state index contributed by atoms with van der Waals surface area (Å²) in [5.41, 5.74) is 0.377. The molecule has 21 heavy (non-hydrogen) atoms. The number of hydrogen-bond acceptors (Lipinski definition) is 5. The molecule has 0 aliphatic heterocycles. The summed E-state index contributed by atoms with van der Waals surface area (Å²) < 4.78 is 1.61. The molecule has 1 rings (SSSR count). The number of carboxylic acid groups (broad SMARTS) is 1. The zero-order chi connectivity index (χ0) is 16.0. The van der Waals surface area contributed by atoms with Crippen LogP contribution in [0.15, 0.2) is 0 Å². The maximum Gasteiger partial charge on any atom is 0.333 e. The Kier molecular flexibility index (Phi) is 6.13. The molecule has 1 atom stereocenters. The van der Waals surface area contributed by atoms with Gasteiger partial charge in [-0.3, -0.25) is 14.9 Å². The SMILES string of the molecule is CCCn1nc(C)c([N+](=O)[O-])c1NC(C)CCCC(=O)O. The lowest BCUT2D eigenvalue weighted by Crippen LogP contribution is -2.19. The summed E-state index contributed by atoms with van der Waals surface area (Å²) in [6, 6.07) is -0.0604. The highest BCUT2D eigenvalue weighted by molar-refractivity contribution is 5.66. The normalized spacial score (nSPS) is 12.1. The van der Waals surface area contributed by atoms with Gasteiger partial charge in [0, 0.05) is 19.0 Å². The Bertz CT molecular complexity index is 513. The molecule has 0 aromatic carbocycles. The van der Waals surface area contributed by atoms with Crippen molar-refractivity contribution in [2.45, 2.75) is 59.0 Å². The van der Waals surface area contributed by atoms with Gasteiger partial charge in [0.15, 0.2) is 0 Å². The van der Waals surface area contributed by atoms with Crippen molar-refractivity contribution in [3.63, 3.8) is 0 Å². The minimum Gasteiger partial charge on any atom is -0.481 e. The number of nitrogens with one attached hydrogen (secondary N) is 1. The summed E-state index contributed by atoms with van der Waals surface area (Å²) in [5, 5.41) is 27.1. The first kappa shape index (κ1) is 16.9. The second-order valence-electron chi connectivity index (χ2n) is 5.09. The van der Waals surface area contributed by atoms with Crippen LogP contribution in [0.4, 0.5) is 11.5 Å². The quantitative estimate of drug-likeness (QED) is 0.535. The molecule has 0 saturated heterocycles. The van der Waals surface area contributed by atoms with Crippen molar-refractivity contribution in [3.05, 3.63) is 15.8 Å². The van der Waals surface area contributed by atoms with Gasteiger partial charge < -0.3 is 10.4 Å². The molecular weight excluding hydrogens is 276 g/mol. The number of aryl methyl sites for hydroxylation is 2. The van der Waals surface area contributed by atoms with Crippen molar-refractivity contribution in [2.24, 2.45) is 0 Å². The summed E-state index contributed by atoms with van der Waals surface area (Å²) in [5.74, 6) is -0.428. The molecule has 8 heteroatoms. The molecule has 0 aliphatic rings. The van der Waals surface area contributed by atoms with Gasteiger partial charge in [-0.25, -0.2) is 4.68 Å². The van der Waals surface area contributed by atoms with Gasteiger partial charge in [0.1, 0.15) is 5.69 Å². The second kappa shape index (κ2) is 7.61. The maximum atomic E-state index is 11.2. The highest BCUT2D eigenvalue weighted by Crippen LogP contribution is 2.29. The molecule has 0 radical (unpaired) electrons. The van der Waals surface area contributed by atoms with Gasteiger partial charge in [-0.15, -0.1) is 0 Å². The minimum atomic E-state index is -0.833. The molecule has 1 unspecified atom stereocenters. The van der Waals surface area contributed by atoms with E-state index < -0.39 is 10.9 Å². The third-order valence-corrected chi connectivity index (χ3v) is 3.12. The molecule has 1 aromatic rings. The van der Waals surface area contributed by atoms with Crippen molar-refractivity contribution >= 4 is 17.5 Å². The van der Waals surface area contributed by atoms with E-state index in [1.807, 2.05) is 13.8 Å². The lowest BCUT2D eigenvalue weighted by molar-refractivity contribution is -0.384. The number of anilines is 1. The minimum absolute atomic E-state index is 0.00599. The standard InChI is InChI=1S/C13H22N4O4/c1-4-8-16-13(12(17(20)21)10(3)15-16)14-9(2)6-5-7-11(18)19/h9,14H,4-8H2,1-3H3,(H,18,19). The Labute approximate surface area is 123 Å². The summed E-state index contributed by atoms with van der Waals surface area (Å²) in [4.78, 5) is 21.3. The number of rotatable bonds is 9. The van der Waals surface area contributed by atoms with E-state index in [0.29, 0.717) is 30.9 Å². The van der Waals surface area contributed by atoms with Gasteiger partial charge >= 0.3 is 11.7 Å². The van der Waals surface area contributed by atoms with Gasteiger partial charge in [0.2, 0.25) is 5.82 Å². The lowest BCUT2D eigenvalue weighted by Gasteiger charge is -2.15. The number of aromatic nitrogens is 2. The molecule has 0 saturated carbocycles. The van der Waals surface area contributed by atoms with Crippen LogP contribution in [-0.2, 0) is 11.3 Å². The van der Waals surface area contributed by atoms with Crippen molar-refractivity contribution in [3.8, 4) is 0 Å². The average molecular weight is 298 g/mol. The lowest BCUT2D eigenvalue weighted by atomic mass is 10.1. The number of nitro groups is 1. The van der Waals surface area contributed by atoms with E-state index in [1.54, 1.807) is 11.6 Å². The number of carboxylic acids is 1. The molecular formula is C13H22N4O4. The van der Waals surface area contributed by atoms with E-state index in [0.717, 1.165) is 6.42 Å². The van der Waals surface area contributed by atoms with Crippen LogP contribution in [0.25, 0.3) is 0 Å². The van der Waals surface area contributed by atoms with Crippen LogP contribution in [-0.4, -0.2) is 31.8 Å². The van der Waals surface area contributed by atoms with Crippen LogP contribution >= 0.6 is 0 Å². The highest BCUT2D eigenvalue weighted by Gasteiger charge is 2.25. The van der Waals surface area contributed by atoms with Gasteiger partial charge in [0.05, 0.1) is 4.92 Å². The fourth-order valence-corrected chi connectivity index (χ4v) is 2.17. The van der Waals surface area contributed by atoms with Crippen molar-refractivity contribution in [1.82, 2.24) is 9.78 Å². The molecule has 0 spiro atoms. The van der Waals surface area contributed by atoms with E-state index in [-0.39, 0.29) is 18.2 Å². The predicted molar refractivity (Wildman–Crippen MR) is 78.5 cm³/mol. The van der Waals surface area contributed by atoms with E-state index in [1.165, 1.54) is 0 Å². The Morgan fingerprint density at radius 2 is 2.24 bits per heavy atom. The smallest absolute Gasteiger partial charge is 0.333 e. The van der Waals surface area contributed by atoms with Crippen molar-refractivity contribution in [2.75, 3.05) is 5.32 Å². The fourth-order valence-electron chi connectivity index (χ4n) is 2.17. The first-order valence-corrected chi connectivity index (χ1v) is 7.06. The Morgan fingerprint density at radius 3 is 2.76 bits per heavy atom. The van der Waals surface area contributed by atoms with Crippen molar-refractivity contribution < 1.29 is 14.8 Å². The van der Waals surface area contributed by atoms with E-state index in [4.69, 9.17) is 5.11 Å². The Balaban J connectivity index is 2.84. The van der Waals surface area contributed by atoms with Gasteiger partial charge in [-0.05, 0) is 33.1 Å². The summed E-state index contributed by atoms with van der Waals surface area (Å²) in [6.45, 7) is 6.07. The van der Waals surface area contributed by atoms with Crippen LogP contribution in [0, 0.1) is 17.0 Å². The number of aliphatic carboxylic acids is 1. The summed E-state index contributed by atoms with van der Waals surface area (Å²) in [6.07, 6.45) is 2.07. The van der Waals surface area contributed by atoms with Crippen LogP contribution in [0.3, 0.4) is 0 Å². The predicted octanol–water partition coefficient (Wildman–Crippen LogP) is 2.57. The molecule has 118 valence electrons. The fraction of sp³-hybridized carbons (Fsp3) is 0.692. The van der Waals surface area contributed by atoms with E-state index in [2.05, 4.69) is 10.4 Å². The van der Waals surface area contributed by atoms with E-state index in [9.17, 15) is 14.9 Å². The third kappa shape index (κ3) is 4.73. The first-order chi connectivity index (χ1) is 9.86. The molecule has 0 fully saturated rings. The maximum absolute atomic E-state index is 11.2. The first-order valence-electron chi connectivity index (χ1n) is 7.06. The van der Waals surface area contributed by atoms with Crippen LogP contribution < -0.4 is 5.32 Å². The number of carbonyl (C=O) groups is 1. The molecule has 0 amide bonds. The van der Waals surface area contributed by atoms with Gasteiger partial charge in [-0.1, -0.05) is 6.92 Å². The molecule has 0 bridgehead atoms. The zero-order valence-electron chi connectivity index (χ0n) is 12.6. The highest BCUT2D eigenvalue weighted by atomic mass is 16.6. The number of hydrogen-bond donors (Lipinski definition) is 2. The molecule has 1 aromatic heterocycles. The molecule has 1 heterocycles. The van der Waals surface area contributed by atoms with Gasteiger partial charge in [0.25, 0.3) is 0 Å². The Morgan fingerprint density at radius 1 is 1.57 bits per heavy atom. The molecule has 8 nitrogen and oxygen atoms in total. The third-order valence-electron chi connectivity index (χ3n) is 3.12. The molecule has 2 N–H and O–H groups in total. The van der Waals surface area contributed by atoms with Crippen LogP contribution in [0.5, 0.6) is 0 Å². The Hall–Kier alpha value is -2.12. The monoisotopic (exact) mass is 298 g/mol. The molecule has 0 aliphatic carbocycles. The zero-order valence-corrected chi connectivity index (χ0v) is 12.6. The summed E-state index contributed by atoms with van der Waals surface area (Å²) in [7, 11) is 0. The summed E-state index contributed by atoms with van der Waals surface area (Å²) >= 11 is 0. The van der Waals surface area contributed by atoms with Crippen molar-refractivity contribution in [1.29, 1.82) is 0 Å². The number of nitrogens with zero attached hydrogens (tertiary/aromatic N) is 3. The van der Waals surface area contributed by atoms with E-state index >= 15 is 0 Å².